The minimum Gasteiger partial charge on any atom is -0.338 e. The molecule has 8 heteroatoms. The van der Waals surface area contributed by atoms with E-state index in [1.54, 1.807) is 16.4 Å². The summed E-state index contributed by atoms with van der Waals surface area (Å²) in [4.78, 5) is 15.8. The average Bonchev–Trinajstić information content (AvgIpc) is 3.16. The number of carbonyl (C=O) groups excluding carboxylic acids is 1. The number of piperidine rings is 1. The third-order valence-electron chi connectivity index (χ3n) is 5.21. The monoisotopic (exact) mass is 454 g/mol. The zero-order valence-electron chi connectivity index (χ0n) is 16.6. The molecule has 0 radical (unpaired) electrons. The molecular formula is C21H27ClN2O3S2. The predicted octanol–water partition coefficient (Wildman–Crippen LogP) is 4.56. The first kappa shape index (κ1) is 22.3. The van der Waals surface area contributed by atoms with Crippen molar-refractivity contribution in [1.29, 1.82) is 0 Å². The Bertz CT molecular complexity index is 920. The highest BCUT2D eigenvalue weighted by molar-refractivity contribution is 7.89. The van der Waals surface area contributed by atoms with Crippen LogP contribution in [0.5, 0.6) is 0 Å². The van der Waals surface area contributed by atoms with Gasteiger partial charge in [-0.25, -0.2) is 8.42 Å². The molecule has 1 aromatic carbocycles. The first-order valence-electron chi connectivity index (χ1n) is 10.0. The summed E-state index contributed by atoms with van der Waals surface area (Å²) in [6.07, 6.45) is 3.92. The van der Waals surface area contributed by atoms with Gasteiger partial charge in [-0.1, -0.05) is 30.2 Å². The molecule has 5 nitrogen and oxygen atoms in total. The second-order valence-electron chi connectivity index (χ2n) is 7.22. The van der Waals surface area contributed by atoms with E-state index in [0.29, 0.717) is 43.9 Å². The summed E-state index contributed by atoms with van der Waals surface area (Å²) in [5, 5.41) is 0. The number of halogens is 1. The summed E-state index contributed by atoms with van der Waals surface area (Å²) < 4.78 is 27.7. The zero-order valence-corrected chi connectivity index (χ0v) is 19.0. The maximum Gasteiger partial charge on any atom is 0.243 e. The highest BCUT2D eigenvalue weighted by Crippen LogP contribution is 2.23. The van der Waals surface area contributed by atoms with Gasteiger partial charge in [0.1, 0.15) is 0 Å². The number of amides is 1. The van der Waals surface area contributed by atoms with Gasteiger partial charge in [0, 0.05) is 30.9 Å². The lowest BCUT2D eigenvalue weighted by Gasteiger charge is -2.25. The predicted molar refractivity (Wildman–Crippen MR) is 118 cm³/mol. The third kappa shape index (κ3) is 5.81. The summed E-state index contributed by atoms with van der Waals surface area (Å²) >= 11 is 7.46. The van der Waals surface area contributed by atoms with E-state index in [2.05, 4.69) is 0 Å². The largest absolute Gasteiger partial charge is 0.338 e. The lowest BCUT2D eigenvalue weighted by atomic mass is 10.1. The number of sulfonamides is 1. The van der Waals surface area contributed by atoms with Gasteiger partial charge in [0.15, 0.2) is 0 Å². The highest BCUT2D eigenvalue weighted by Gasteiger charge is 2.25. The van der Waals surface area contributed by atoms with Gasteiger partial charge < -0.3 is 4.90 Å². The lowest BCUT2D eigenvalue weighted by Crippen LogP contribution is -2.35. The number of nitrogens with zero attached hydrogens (tertiary/aromatic N) is 2. The summed E-state index contributed by atoms with van der Waals surface area (Å²) in [5.74, 6) is 0.0852. The maximum absolute atomic E-state index is 12.7. The third-order valence-corrected chi connectivity index (χ3v) is 8.34. The number of hydrogen-bond acceptors (Lipinski definition) is 4. The normalized spacial score (nSPS) is 15.4. The quantitative estimate of drug-likeness (QED) is 0.587. The van der Waals surface area contributed by atoms with Crippen molar-refractivity contribution in [3.05, 3.63) is 51.2 Å². The summed E-state index contributed by atoms with van der Waals surface area (Å²) in [5.41, 5.74) is 0.964. The standard InChI is InChI=1S/C21H27ClN2O3S2/c1-2-23(16-18-9-12-20(22)28-18)21(25)13-8-17-6-10-19(11-7-17)29(26,27)24-14-4-3-5-15-24/h6-7,9-12H,2-5,8,13-16H2,1H3. The molecule has 1 amide bonds. The van der Waals surface area contributed by atoms with Crippen LogP contribution in [0.3, 0.4) is 0 Å². The number of aryl methyl sites for hydroxylation is 1. The Balaban J connectivity index is 1.57. The fourth-order valence-electron chi connectivity index (χ4n) is 3.49. The van der Waals surface area contributed by atoms with Crippen LogP contribution in [0.2, 0.25) is 4.34 Å². The maximum atomic E-state index is 12.7. The van der Waals surface area contributed by atoms with Crippen LogP contribution in [0.4, 0.5) is 0 Å². The van der Waals surface area contributed by atoms with Crippen molar-refractivity contribution >= 4 is 38.9 Å². The van der Waals surface area contributed by atoms with E-state index in [-0.39, 0.29) is 5.91 Å². The van der Waals surface area contributed by atoms with Crippen LogP contribution < -0.4 is 0 Å². The molecule has 0 unspecified atom stereocenters. The fourth-order valence-corrected chi connectivity index (χ4v) is 6.11. The van der Waals surface area contributed by atoms with E-state index in [1.807, 2.05) is 36.1 Å². The molecule has 0 aliphatic carbocycles. The van der Waals surface area contributed by atoms with Crippen LogP contribution in [0.15, 0.2) is 41.3 Å². The van der Waals surface area contributed by atoms with Crippen LogP contribution in [0, 0.1) is 0 Å². The molecule has 1 aromatic heterocycles. The van der Waals surface area contributed by atoms with Gasteiger partial charge in [0.25, 0.3) is 0 Å². The van der Waals surface area contributed by atoms with E-state index in [4.69, 9.17) is 11.6 Å². The molecule has 158 valence electrons. The second kappa shape index (κ2) is 10.1. The van der Waals surface area contributed by atoms with E-state index >= 15 is 0 Å². The Morgan fingerprint density at radius 1 is 1.10 bits per heavy atom. The molecule has 2 heterocycles. The van der Waals surface area contributed by atoms with E-state index in [0.717, 1.165) is 34.0 Å². The summed E-state index contributed by atoms with van der Waals surface area (Å²) in [6, 6.07) is 10.8. The summed E-state index contributed by atoms with van der Waals surface area (Å²) in [6.45, 7) is 4.37. The van der Waals surface area contributed by atoms with Crippen LogP contribution in [0.25, 0.3) is 0 Å². The molecule has 0 N–H and O–H groups in total. The molecule has 1 fully saturated rings. The van der Waals surface area contributed by atoms with Crippen molar-refractivity contribution in [2.24, 2.45) is 0 Å². The number of rotatable bonds is 8. The van der Waals surface area contributed by atoms with E-state index < -0.39 is 10.0 Å². The fraction of sp³-hybridized carbons (Fsp3) is 0.476. The number of benzene rings is 1. The van der Waals surface area contributed by atoms with Crippen LogP contribution in [-0.2, 0) is 27.8 Å². The Morgan fingerprint density at radius 3 is 2.38 bits per heavy atom. The highest BCUT2D eigenvalue weighted by atomic mass is 35.5. The summed E-state index contributed by atoms with van der Waals surface area (Å²) in [7, 11) is -3.41. The van der Waals surface area contributed by atoms with Gasteiger partial charge in [-0.15, -0.1) is 11.3 Å². The smallest absolute Gasteiger partial charge is 0.243 e. The molecule has 1 aliphatic heterocycles. The Kier molecular flexibility index (Phi) is 7.73. The first-order valence-corrected chi connectivity index (χ1v) is 12.6. The number of thiophene rings is 1. The molecule has 2 aromatic rings. The van der Waals surface area contributed by atoms with E-state index in [9.17, 15) is 13.2 Å². The minimum atomic E-state index is -3.41. The lowest BCUT2D eigenvalue weighted by molar-refractivity contribution is -0.131. The van der Waals surface area contributed by atoms with Crippen LogP contribution >= 0.6 is 22.9 Å². The number of hydrogen-bond donors (Lipinski definition) is 0. The minimum absolute atomic E-state index is 0.0852. The van der Waals surface area contributed by atoms with Crippen molar-refractivity contribution < 1.29 is 13.2 Å². The molecule has 0 bridgehead atoms. The Labute approximate surface area is 182 Å². The van der Waals surface area contributed by atoms with Gasteiger partial charge >= 0.3 is 0 Å². The Morgan fingerprint density at radius 2 is 1.79 bits per heavy atom. The molecular weight excluding hydrogens is 428 g/mol. The van der Waals surface area contributed by atoms with Crippen molar-refractivity contribution in [1.82, 2.24) is 9.21 Å². The molecule has 1 aliphatic rings. The molecule has 0 saturated carbocycles. The zero-order chi connectivity index (χ0) is 20.9. The molecule has 1 saturated heterocycles. The van der Waals surface area contributed by atoms with E-state index in [1.165, 1.54) is 11.3 Å². The number of carbonyl (C=O) groups is 1. The van der Waals surface area contributed by atoms with Crippen molar-refractivity contribution in [2.75, 3.05) is 19.6 Å². The molecule has 3 rings (SSSR count). The Hall–Kier alpha value is -1.41. The molecule has 0 atom stereocenters. The van der Waals surface area contributed by atoms with Gasteiger partial charge in [-0.2, -0.15) is 4.31 Å². The van der Waals surface area contributed by atoms with Crippen molar-refractivity contribution in [2.45, 2.75) is 50.5 Å². The van der Waals surface area contributed by atoms with Crippen LogP contribution in [-0.4, -0.2) is 43.2 Å². The van der Waals surface area contributed by atoms with Gasteiger partial charge in [0.05, 0.1) is 15.8 Å². The SMILES string of the molecule is CCN(Cc1ccc(Cl)s1)C(=O)CCc1ccc(S(=O)(=O)N2CCCCC2)cc1. The topological polar surface area (TPSA) is 57.7 Å². The van der Waals surface area contributed by atoms with Crippen molar-refractivity contribution in [3.8, 4) is 0 Å². The average molecular weight is 455 g/mol. The molecule has 29 heavy (non-hydrogen) atoms. The van der Waals surface area contributed by atoms with Crippen LogP contribution in [0.1, 0.15) is 43.0 Å². The van der Waals surface area contributed by atoms with Gasteiger partial charge in [0.2, 0.25) is 15.9 Å². The second-order valence-corrected chi connectivity index (χ2v) is 11.0. The van der Waals surface area contributed by atoms with Gasteiger partial charge in [-0.3, -0.25) is 4.79 Å². The van der Waals surface area contributed by atoms with Gasteiger partial charge in [-0.05, 0) is 56.0 Å². The van der Waals surface area contributed by atoms with Crippen molar-refractivity contribution in [3.63, 3.8) is 0 Å². The first-order chi connectivity index (χ1) is 13.9. The molecule has 0 spiro atoms.